The molecule has 0 heterocycles. The van der Waals surface area contributed by atoms with Crippen molar-refractivity contribution in [3.63, 3.8) is 0 Å². The maximum atomic E-state index is 5.37. The monoisotopic (exact) mass is 311 g/mol. The molecule has 1 N–H and O–H groups in total. The molecule has 2 nitrogen and oxygen atoms in total. The van der Waals surface area contributed by atoms with Gasteiger partial charge in [0.25, 0.3) is 0 Å². The fourth-order valence-corrected chi connectivity index (χ4v) is 2.97. The number of nitrogens with one attached hydrogen (secondary N) is 1. The number of ether oxygens (including phenoxy) is 1. The third-order valence-electron chi connectivity index (χ3n) is 3.88. The first kappa shape index (κ1) is 13.7. The van der Waals surface area contributed by atoms with Gasteiger partial charge < -0.3 is 10.1 Å². The molecule has 0 aromatic heterocycles. The van der Waals surface area contributed by atoms with Crippen molar-refractivity contribution in [1.82, 2.24) is 0 Å². The van der Waals surface area contributed by atoms with Gasteiger partial charge in [0.05, 0.1) is 12.8 Å². The van der Waals surface area contributed by atoms with Crippen molar-refractivity contribution in [2.24, 2.45) is 11.8 Å². The van der Waals surface area contributed by atoms with Crippen molar-refractivity contribution < 1.29 is 4.74 Å². The van der Waals surface area contributed by atoms with Crippen LogP contribution >= 0.6 is 15.9 Å². The van der Waals surface area contributed by atoms with E-state index in [0.29, 0.717) is 0 Å². The molecule has 0 amide bonds. The molecule has 18 heavy (non-hydrogen) atoms. The maximum Gasteiger partial charge on any atom is 0.142 e. The molecule has 0 bridgehead atoms. The third-order valence-corrected chi connectivity index (χ3v) is 4.37. The van der Waals surface area contributed by atoms with Gasteiger partial charge in [0.1, 0.15) is 5.75 Å². The topological polar surface area (TPSA) is 21.3 Å². The van der Waals surface area contributed by atoms with E-state index in [1.807, 2.05) is 12.1 Å². The van der Waals surface area contributed by atoms with Crippen molar-refractivity contribution in [1.29, 1.82) is 0 Å². The summed E-state index contributed by atoms with van der Waals surface area (Å²) in [6.45, 7) is 3.42. The van der Waals surface area contributed by atoms with E-state index in [-0.39, 0.29) is 0 Å². The van der Waals surface area contributed by atoms with E-state index in [9.17, 15) is 0 Å². The van der Waals surface area contributed by atoms with Crippen LogP contribution in [0.15, 0.2) is 22.7 Å². The molecule has 100 valence electrons. The van der Waals surface area contributed by atoms with Crippen LogP contribution in [0, 0.1) is 11.8 Å². The number of hydrogen-bond donors (Lipinski definition) is 1. The van der Waals surface area contributed by atoms with Gasteiger partial charge in [0, 0.05) is 11.0 Å². The van der Waals surface area contributed by atoms with Crippen molar-refractivity contribution >= 4 is 21.6 Å². The Morgan fingerprint density at radius 1 is 1.28 bits per heavy atom. The average molecular weight is 312 g/mol. The summed E-state index contributed by atoms with van der Waals surface area (Å²) in [6.07, 6.45) is 5.46. The van der Waals surface area contributed by atoms with Gasteiger partial charge in [-0.2, -0.15) is 0 Å². The first-order valence-corrected chi connectivity index (χ1v) is 7.55. The molecule has 0 aliphatic heterocycles. The maximum absolute atomic E-state index is 5.37. The van der Waals surface area contributed by atoms with Crippen LogP contribution < -0.4 is 10.1 Å². The number of rotatable bonds is 4. The zero-order valence-electron chi connectivity index (χ0n) is 11.2. The molecule has 0 saturated heterocycles. The van der Waals surface area contributed by atoms with Gasteiger partial charge in [-0.1, -0.05) is 35.7 Å². The summed E-state index contributed by atoms with van der Waals surface area (Å²) in [5.74, 6) is 2.65. The van der Waals surface area contributed by atoms with E-state index < -0.39 is 0 Å². The summed E-state index contributed by atoms with van der Waals surface area (Å²) >= 11 is 3.50. The molecule has 1 aliphatic carbocycles. The molecular weight excluding hydrogens is 290 g/mol. The van der Waals surface area contributed by atoms with Crippen LogP contribution in [0.1, 0.15) is 32.6 Å². The van der Waals surface area contributed by atoms with Crippen molar-refractivity contribution in [3.8, 4) is 5.75 Å². The van der Waals surface area contributed by atoms with E-state index in [2.05, 4.69) is 34.2 Å². The van der Waals surface area contributed by atoms with Gasteiger partial charge in [-0.05, 0) is 42.9 Å². The van der Waals surface area contributed by atoms with Crippen LogP contribution in [-0.4, -0.2) is 13.7 Å². The van der Waals surface area contributed by atoms with E-state index in [1.165, 1.54) is 25.7 Å². The standard InChI is InChI=1S/C15H22BrNO/c1-11-3-5-12(6-4-11)10-17-14-9-13(16)7-8-15(14)18-2/h7-9,11-12,17H,3-6,10H2,1-2H3. The third kappa shape index (κ3) is 3.64. The average Bonchev–Trinajstić information content (AvgIpc) is 2.38. The SMILES string of the molecule is COc1ccc(Br)cc1NCC1CCC(C)CC1. The van der Waals surface area contributed by atoms with E-state index >= 15 is 0 Å². The molecule has 0 unspecified atom stereocenters. The molecule has 1 fully saturated rings. The summed E-state index contributed by atoms with van der Waals surface area (Å²) in [7, 11) is 1.72. The molecule has 1 aromatic carbocycles. The Balaban J connectivity index is 1.91. The summed E-state index contributed by atoms with van der Waals surface area (Å²) < 4.78 is 6.46. The summed E-state index contributed by atoms with van der Waals surface area (Å²) in [4.78, 5) is 0. The minimum Gasteiger partial charge on any atom is -0.495 e. The van der Waals surface area contributed by atoms with Gasteiger partial charge in [-0.3, -0.25) is 0 Å². The van der Waals surface area contributed by atoms with Gasteiger partial charge >= 0.3 is 0 Å². The van der Waals surface area contributed by atoms with Crippen molar-refractivity contribution in [2.45, 2.75) is 32.6 Å². The molecule has 1 saturated carbocycles. The van der Waals surface area contributed by atoms with Crippen molar-refractivity contribution in [3.05, 3.63) is 22.7 Å². The Bertz CT molecular complexity index is 386. The zero-order chi connectivity index (χ0) is 13.0. The number of methoxy groups -OCH3 is 1. The molecule has 1 aliphatic rings. The number of halogens is 1. The lowest BCUT2D eigenvalue weighted by molar-refractivity contribution is 0.300. The van der Waals surface area contributed by atoms with E-state index in [1.54, 1.807) is 7.11 Å². The van der Waals surface area contributed by atoms with Crippen LogP contribution in [0.25, 0.3) is 0 Å². The fraction of sp³-hybridized carbons (Fsp3) is 0.600. The lowest BCUT2D eigenvalue weighted by Crippen LogP contribution is -2.20. The summed E-state index contributed by atoms with van der Waals surface area (Å²) in [5.41, 5.74) is 1.09. The Morgan fingerprint density at radius 3 is 2.67 bits per heavy atom. The molecular formula is C15H22BrNO. The van der Waals surface area contributed by atoms with Crippen LogP contribution in [-0.2, 0) is 0 Å². The van der Waals surface area contributed by atoms with Gasteiger partial charge in [0.15, 0.2) is 0 Å². The molecule has 1 aromatic rings. The highest BCUT2D eigenvalue weighted by Gasteiger charge is 2.18. The predicted molar refractivity (Wildman–Crippen MR) is 80.3 cm³/mol. The normalized spacial score (nSPS) is 23.7. The number of benzene rings is 1. The Kier molecular flexibility index (Phi) is 4.93. The van der Waals surface area contributed by atoms with Crippen LogP contribution in [0.5, 0.6) is 5.75 Å². The largest absolute Gasteiger partial charge is 0.495 e. The first-order valence-electron chi connectivity index (χ1n) is 6.76. The molecule has 3 heteroatoms. The highest BCUT2D eigenvalue weighted by Crippen LogP contribution is 2.31. The quantitative estimate of drug-likeness (QED) is 0.870. The molecule has 0 spiro atoms. The van der Waals surface area contributed by atoms with E-state index in [0.717, 1.165) is 34.3 Å². The lowest BCUT2D eigenvalue weighted by Gasteiger charge is -2.26. The second-order valence-corrected chi connectivity index (χ2v) is 6.27. The fourth-order valence-electron chi connectivity index (χ4n) is 2.61. The minimum absolute atomic E-state index is 0.810. The minimum atomic E-state index is 0.810. The summed E-state index contributed by atoms with van der Waals surface area (Å²) in [5, 5.41) is 3.53. The second kappa shape index (κ2) is 6.46. The number of anilines is 1. The van der Waals surface area contributed by atoms with E-state index in [4.69, 9.17) is 4.74 Å². The Hall–Kier alpha value is -0.700. The summed E-state index contributed by atoms with van der Waals surface area (Å²) in [6, 6.07) is 6.09. The van der Waals surface area contributed by atoms with Crippen LogP contribution in [0.4, 0.5) is 5.69 Å². The predicted octanol–water partition coefficient (Wildman–Crippen LogP) is 4.70. The zero-order valence-corrected chi connectivity index (χ0v) is 12.8. The highest BCUT2D eigenvalue weighted by molar-refractivity contribution is 9.10. The number of hydrogen-bond acceptors (Lipinski definition) is 2. The second-order valence-electron chi connectivity index (χ2n) is 5.35. The van der Waals surface area contributed by atoms with Gasteiger partial charge in [0.2, 0.25) is 0 Å². The first-order chi connectivity index (χ1) is 8.69. The molecule has 0 atom stereocenters. The molecule has 2 rings (SSSR count). The molecule has 0 radical (unpaired) electrons. The smallest absolute Gasteiger partial charge is 0.142 e. The Morgan fingerprint density at radius 2 is 2.00 bits per heavy atom. The van der Waals surface area contributed by atoms with Gasteiger partial charge in [-0.15, -0.1) is 0 Å². The van der Waals surface area contributed by atoms with Crippen LogP contribution in [0.3, 0.4) is 0 Å². The highest BCUT2D eigenvalue weighted by atomic mass is 79.9. The van der Waals surface area contributed by atoms with Crippen molar-refractivity contribution in [2.75, 3.05) is 19.0 Å². The van der Waals surface area contributed by atoms with Gasteiger partial charge in [-0.25, -0.2) is 0 Å². The Labute approximate surface area is 118 Å². The van der Waals surface area contributed by atoms with Crippen LogP contribution in [0.2, 0.25) is 0 Å². The lowest BCUT2D eigenvalue weighted by atomic mass is 9.83.